The van der Waals surface area contributed by atoms with E-state index >= 15 is 0 Å². The largest absolute Gasteiger partial charge is 0.468 e. The first-order valence-corrected chi connectivity index (χ1v) is 6.04. The molecule has 2 N–H and O–H groups in total. The zero-order valence-corrected chi connectivity index (χ0v) is 11.1. The lowest BCUT2D eigenvalue weighted by atomic mass is 9.89. The molecule has 6 heteroatoms. The van der Waals surface area contributed by atoms with Crippen LogP contribution in [0.3, 0.4) is 0 Å². The quantitative estimate of drug-likeness (QED) is 0.637. The lowest BCUT2D eigenvalue weighted by Gasteiger charge is -2.34. The summed E-state index contributed by atoms with van der Waals surface area (Å²) in [6, 6.07) is 5.58. The van der Waals surface area contributed by atoms with Crippen LogP contribution >= 0.6 is 12.2 Å². The number of benzene rings is 1. The number of nitrogens with one attached hydrogen (secondary N) is 2. The van der Waals surface area contributed by atoms with Crippen molar-refractivity contribution in [1.29, 1.82) is 0 Å². The number of carbonyl (C=O) groups is 1. The molecule has 1 heterocycles. The van der Waals surface area contributed by atoms with Gasteiger partial charge >= 0.3 is 5.97 Å². The van der Waals surface area contributed by atoms with Crippen LogP contribution in [0.15, 0.2) is 36.5 Å². The molecule has 1 aliphatic rings. The van der Waals surface area contributed by atoms with Crippen molar-refractivity contribution in [3.05, 3.63) is 47.9 Å². The Morgan fingerprint density at radius 3 is 2.79 bits per heavy atom. The molecular formula is C13H13FN2O2S. The van der Waals surface area contributed by atoms with E-state index in [0.717, 1.165) is 0 Å². The second kappa shape index (κ2) is 5.36. The van der Waals surface area contributed by atoms with Gasteiger partial charge in [-0.05, 0) is 18.3 Å². The first-order chi connectivity index (χ1) is 9.04. The fourth-order valence-corrected chi connectivity index (χ4v) is 2.33. The highest BCUT2D eigenvalue weighted by molar-refractivity contribution is 7.80. The Bertz CT molecular complexity index is 547. The highest BCUT2D eigenvalue weighted by Crippen LogP contribution is 2.31. The molecule has 19 heavy (non-hydrogen) atoms. The van der Waals surface area contributed by atoms with Gasteiger partial charge in [0.1, 0.15) is 11.7 Å². The molecule has 0 bridgehead atoms. The lowest BCUT2D eigenvalue weighted by Crippen LogP contribution is -2.51. The van der Waals surface area contributed by atoms with Crippen molar-refractivity contribution >= 4 is 23.3 Å². The van der Waals surface area contributed by atoms with Gasteiger partial charge in [0.05, 0.1) is 13.2 Å². The number of carbonyl (C=O) groups excluding carboxylic acids is 1. The summed E-state index contributed by atoms with van der Waals surface area (Å²) < 4.78 is 18.6. The van der Waals surface area contributed by atoms with E-state index < -0.39 is 23.7 Å². The average molecular weight is 280 g/mol. The van der Waals surface area contributed by atoms with Gasteiger partial charge < -0.3 is 15.4 Å². The number of halogens is 1. The van der Waals surface area contributed by atoms with Gasteiger partial charge in [-0.3, -0.25) is 4.79 Å². The molecule has 0 aliphatic carbocycles. The molecule has 1 fully saturated rings. The normalized spacial score (nSPS) is 22.4. The first kappa shape index (κ1) is 13.5. The van der Waals surface area contributed by atoms with E-state index in [2.05, 4.69) is 17.2 Å². The Morgan fingerprint density at radius 1 is 1.47 bits per heavy atom. The summed E-state index contributed by atoms with van der Waals surface area (Å²) in [6.07, 6.45) is 0. The summed E-state index contributed by atoms with van der Waals surface area (Å²) >= 11 is 5.02. The third-order valence-corrected chi connectivity index (χ3v) is 3.18. The van der Waals surface area contributed by atoms with Gasteiger partial charge in [-0.1, -0.05) is 24.8 Å². The number of hydrogen-bond acceptors (Lipinski definition) is 3. The summed E-state index contributed by atoms with van der Waals surface area (Å²) in [5.41, 5.74) is 0.742. The van der Waals surface area contributed by atoms with Gasteiger partial charge in [-0.15, -0.1) is 0 Å². The van der Waals surface area contributed by atoms with E-state index in [1.54, 1.807) is 18.2 Å². The maximum atomic E-state index is 13.9. The van der Waals surface area contributed by atoms with Crippen LogP contribution < -0.4 is 10.6 Å². The van der Waals surface area contributed by atoms with E-state index in [0.29, 0.717) is 16.4 Å². The highest BCUT2D eigenvalue weighted by Gasteiger charge is 2.38. The second-order valence-electron chi connectivity index (χ2n) is 4.12. The fraction of sp³-hybridized carbons (Fsp3) is 0.231. The summed E-state index contributed by atoms with van der Waals surface area (Å²) in [6.45, 7) is 3.76. The molecule has 0 amide bonds. The SMILES string of the molecule is C=C1NC(=S)N[C@H](c2ccccc2F)[C@H]1C(=O)OC. The number of rotatable bonds is 2. The van der Waals surface area contributed by atoms with Crippen molar-refractivity contribution in [2.75, 3.05) is 7.11 Å². The lowest BCUT2D eigenvalue weighted by molar-refractivity contribution is -0.145. The van der Waals surface area contributed by atoms with Crippen LogP contribution in [0, 0.1) is 11.7 Å². The molecule has 0 aromatic heterocycles. The predicted molar refractivity (Wildman–Crippen MR) is 72.7 cm³/mol. The molecule has 100 valence electrons. The smallest absolute Gasteiger partial charge is 0.317 e. The molecule has 2 rings (SSSR count). The molecule has 0 unspecified atom stereocenters. The van der Waals surface area contributed by atoms with Crippen molar-refractivity contribution in [2.24, 2.45) is 5.92 Å². The number of thiocarbonyl (C=S) groups is 1. The molecule has 2 atom stereocenters. The number of esters is 1. The molecular weight excluding hydrogens is 267 g/mol. The maximum absolute atomic E-state index is 13.9. The van der Waals surface area contributed by atoms with Crippen LogP contribution in [0.1, 0.15) is 11.6 Å². The molecule has 1 aliphatic heterocycles. The van der Waals surface area contributed by atoms with Crippen LogP contribution in [-0.2, 0) is 9.53 Å². The Kier molecular flexibility index (Phi) is 3.80. The van der Waals surface area contributed by atoms with Gasteiger partial charge in [0.15, 0.2) is 5.11 Å². The van der Waals surface area contributed by atoms with Crippen LogP contribution in [0.2, 0.25) is 0 Å². The zero-order chi connectivity index (χ0) is 14.0. The summed E-state index contributed by atoms with van der Waals surface area (Å²) in [7, 11) is 1.28. The van der Waals surface area contributed by atoms with Crippen LogP contribution in [0.5, 0.6) is 0 Å². The molecule has 0 saturated carbocycles. The van der Waals surface area contributed by atoms with E-state index in [1.165, 1.54) is 13.2 Å². The Balaban J connectivity index is 2.44. The van der Waals surface area contributed by atoms with Crippen LogP contribution in [0.4, 0.5) is 4.39 Å². The fourth-order valence-electron chi connectivity index (χ4n) is 2.08. The molecule has 1 aromatic rings. The second-order valence-corrected chi connectivity index (χ2v) is 4.53. The van der Waals surface area contributed by atoms with Gasteiger partial charge in [-0.2, -0.15) is 0 Å². The van der Waals surface area contributed by atoms with E-state index in [4.69, 9.17) is 17.0 Å². The van der Waals surface area contributed by atoms with Gasteiger partial charge in [0.25, 0.3) is 0 Å². The van der Waals surface area contributed by atoms with Crippen molar-refractivity contribution in [1.82, 2.24) is 10.6 Å². The standard InChI is InChI=1S/C13H13FN2O2S/c1-7-10(12(17)18-2)11(16-13(19)15-7)8-5-3-4-6-9(8)14/h3-6,10-11H,1H2,2H3,(H2,15,16,19)/t10-,11+/m0/s1. The minimum atomic E-state index is -0.742. The van der Waals surface area contributed by atoms with Crippen molar-refractivity contribution in [3.8, 4) is 0 Å². The molecule has 0 radical (unpaired) electrons. The highest BCUT2D eigenvalue weighted by atomic mass is 32.1. The number of ether oxygens (including phenoxy) is 1. The minimum absolute atomic E-state index is 0.304. The van der Waals surface area contributed by atoms with Gasteiger partial charge in [0.2, 0.25) is 0 Å². The van der Waals surface area contributed by atoms with Crippen LogP contribution in [0.25, 0.3) is 0 Å². The van der Waals surface area contributed by atoms with E-state index in [1.807, 2.05) is 0 Å². The summed E-state index contributed by atoms with van der Waals surface area (Å²) in [4.78, 5) is 11.9. The van der Waals surface area contributed by atoms with Gasteiger partial charge in [-0.25, -0.2) is 4.39 Å². The number of hydrogen-bond donors (Lipinski definition) is 2. The van der Waals surface area contributed by atoms with E-state index in [9.17, 15) is 9.18 Å². The average Bonchev–Trinajstić information content (AvgIpc) is 2.37. The Labute approximate surface area is 115 Å². The van der Waals surface area contributed by atoms with Crippen molar-refractivity contribution < 1.29 is 13.9 Å². The predicted octanol–water partition coefficient (Wildman–Crippen LogP) is 1.65. The topological polar surface area (TPSA) is 50.4 Å². The molecule has 1 saturated heterocycles. The Hall–Kier alpha value is -1.95. The van der Waals surface area contributed by atoms with E-state index in [-0.39, 0.29) is 0 Å². The third kappa shape index (κ3) is 2.58. The molecule has 4 nitrogen and oxygen atoms in total. The molecule has 1 aromatic carbocycles. The van der Waals surface area contributed by atoms with Gasteiger partial charge in [0, 0.05) is 11.3 Å². The monoisotopic (exact) mass is 280 g/mol. The first-order valence-electron chi connectivity index (χ1n) is 5.63. The van der Waals surface area contributed by atoms with Crippen molar-refractivity contribution in [2.45, 2.75) is 6.04 Å². The molecule has 0 spiro atoms. The van der Waals surface area contributed by atoms with Crippen molar-refractivity contribution in [3.63, 3.8) is 0 Å². The summed E-state index contributed by atoms with van der Waals surface area (Å²) in [5, 5.41) is 5.96. The number of methoxy groups -OCH3 is 1. The summed E-state index contributed by atoms with van der Waals surface area (Å²) in [5.74, 6) is -1.65. The maximum Gasteiger partial charge on any atom is 0.317 e. The minimum Gasteiger partial charge on any atom is -0.468 e. The third-order valence-electron chi connectivity index (χ3n) is 2.96. The van der Waals surface area contributed by atoms with Crippen LogP contribution in [-0.4, -0.2) is 18.2 Å². The zero-order valence-electron chi connectivity index (χ0n) is 10.3. The Morgan fingerprint density at radius 2 is 2.16 bits per heavy atom.